The highest BCUT2D eigenvalue weighted by molar-refractivity contribution is 7.89. The number of sulfonamides is 1. The number of hydrogen-bond donors (Lipinski definition) is 1. The molecule has 0 atom stereocenters. The van der Waals surface area contributed by atoms with Crippen LogP contribution in [0.4, 0.5) is 0 Å². The Hall–Kier alpha value is -2.69. The summed E-state index contributed by atoms with van der Waals surface area (Å²) in [6.45, 7) is 8.45. The molecule has 2 aromatic heterocycles. The van der Waals surface area contributed by atoms with E-state index in [4.69, 9.17) is 9.84 Å². The van der Waals surface area contributed by atoms with Gasteiger partial charge in [-0.3, -0.25) is 4.79 Å². The molecule has 33 heavy (non-hydrogen) atoms. The largest absolute Gasteiger partial charge is 0.493 e. The number of nitrogens with one attached hydrogen (secondary N) is 1. The maximum absolute atomic E-state index is 13.3. The highest BCUT2D eigenvalue weighted by Gasteiger charge is 2.29. The Morgan fingerprint density at radius 1 is 1.12 bits per heavy atom. The van der Waals surface area contributed by atoms with Crippen LogP contribution in [0.1, 0.15) is 31.5 Å². The van der Waals surface area contributed by atoms with E-state index in [0.717, 1.165) is 24.1 Å². The zero-order valence-corrected chi connectivity index (χ0v) is 20.4. The lowest BCUT2D eigenvalue weighted by Gasteiger charge is -2.31. The van der Waals surface area contributed by atoms with Crippen LogP contribution in [0, 0.1) is 6.92 Å². The number of benzene rings is 1. The van der Waals surface area contributed by atoms with E-state index in [2.05, 4.69) is 16.8 Å². The van der Waals surface area contributed by atoms with E-state index in [9.17, 15) is 13.2 Å². The summed E-state index contributed by atoms with van der Waals surface area (Å²) in [6, 6.07) is 6.72. The van der Waals surface area contributed by atoms with Gasteiger partial charge in [-0.1, -0.05) is 13.3 Å². The number of aromatic nitrogens is 3. The van der Waals surface area contributed by atoms with Crippen molar-refractivity contribution in [3.63, 3.8) is 0 Å². The Balaban J connectivity index is 1.85. The van der Waals surface area contributed by atoms with Crippen LogP contribution in [-0.2, 0) is 16.4 Å². The summed E-state index contributed by atoms with van der Waals surface area (Å²) in [4.78, 5) is 18.1. The third kappa shape index (κ3) is 4.42. The molecule has 4 rings (SSSR count). The number of H-pyrrole nitrogens is 1. The molecule has 1 saturated heterocycles. The van der Waals surface area contributed by atoms with Gasteiger partial charge in [0.2, 0.25) is 10.0 Å². The van der Waals surface area contributed by atoms with Gasteiger partial charge in [-0.05, 0) is 57.1 Å². The number of nitrogens with zero attached hydrogens (tertiary/aromatic N) is 4. The van der Waals surface area contributed by atoms with Crippen molar-refractivity contribution in [2.24, 2.45) is 0 Å². The van der Waals surface area contributed by atoms with Gasteiger partial charge in [0.1, 0.15) is 11.3 Å². The first-order valence-corrected chi connectivity index (χ1v) is 12.8. The van der Waals surface area contributed by atoms with Gasteiger partial charge in [-0.25, -0.2) is 12.9 Å². The summed E-state index contributed by atoms with van der Waals surface area (Å²) in [7, 11) is -1.71. The fraction of sp³-hybridized carbons (Fsp3) is 0.478. The van der Waals surface area contributed by atoms with Crippen LogP contribution in [0.15, 0.2) is 34.0 Å². The molecule has 0 radical (unpaired) electrons. The number of aryl methyl sites for hydroxylation is 2. The molecule has 0 spiro atoms. The molecule has 9 nitrogen and oxygen atoms in total. The predicted molar refractivity (Wildman–Crippen MR) is 127 cm³/mol. The van der Waals surface area contributed by atoms with Gasteiger partial charge < -0.3 is 14.6 Å². The van der Waals surface area contributed by atoms with Gasteiger partial charge in [0.05, 0.1) is 17.1 Å². The highest BCUT2D eigenvalue weighted by Crippen LogP contribution is 2.31. The third-order valence-corrected chi connectivity index (χ3v) is 7.89. The van der Waals surface area contributed by atoms with Gasteiger partial charge in [-0.15, -0.1) is 5.10 Å². The average Bonchev–Trinajstić information content (AvgIpc) is 3.10. The van der Waals surface area contributed by atoms with Gasteiger partial charge in [0, 0.05) is 31.9 Å². The maximum Gasteiger partial charge on any atom is 0.275 e. The highest BCUT2D eigenvalue weighted by atomic mass is 32.2. The lowest BCUT2D eigenvalue weighted by Crippen LogP contribution is -2.47. The molecule has 0 unspecified atom stereocenters. The summed E-state index contributed by atoms with van der Waals surface area (Å²) >= 11 is 0. The van der Waals surface area contributed by atoms with Crippen LogP contribution < -0.4 is 10.3 Å². The monoisotopic (exact) mass is 473 g/mol. The SMILES string of the molecule is CCCc1cc(C)c2c(=O)[nH]c(-c3cc(S(=O)(=O)N4CCN(C)CC4)ccc3OCC)nn12. The quantitative estimate of drug-likeness (QED) is 0.565. The zero-order chi connectivity index (χ0) is 23.8. The van der Waals surface area contributed by atoms with Crippen molar-refractivity contribution in [1.29, 1.82) is 0 Å². The van der Waals surface area contributed by atoms with Crippen LogP contribution in [0.5, 0.6) is 5.75 Å². The first-order chi connectivity index (χ1) is 15.8. The second kappa shape index (κ2) is 9.28. The summed E-state index contributed by atoms with van der Waals surface area (Å²) < 4.78 is 35.6. The smallest absolute Gasteiger partial charge is 0.275 e. The molecule has 1 N–H and O–H groups in total. The Bertz CT molecular complexity index is 1320. The molecule has 3 heterocycles. The molecule has 178 valence electrons. The second-order valence-electron chi connectivity index (χ2n) is 8.43. The van der Waals surface area contributed by atoms with E-state index >= 15 is 0 Å². The topological polar surface area (TPSA) is 100 Å². The number of fused-ring (bicyclic) bond motifs is 1. The minimum absolute atomic E-state index is 0.158. The Kier molecular flexibility index (Phi) is 6.60. The Morgan fingerprint density at radius 2 is 1.85 bits per heavy atom. The number of aromatic amines is 1. The lowest BCUT2D eigenvalue weighted by molar-refractivity contribution is 0.222. The first kappa shape index (κ1) is 23.5. The van der Waals surface area contributed by atoms with E-state index in [0.29, 0.717) is 49.6 Å². The predicted octanol–water partition coefficient (Wildman–Crippen LogP) is 2.29. The average molecular weight is 474 g/mol. The maximum atomic E-state index is 13.3. The number of rotatable bonds is 7. The van der Waals surface area contributed by atoms with Crippen LogP contribution in [0.2, 0.25) is 0 Å². The molecule has 0 amide bonds. The van der Waals surface area contributed by atoms with Crippen LogP contribution in [-0.4, -0.2) is 72.1 Å². The molecule has 1 aliphatic heterocycles. The van der Waals surface area contributed by atoms with Crippen molar-refractivity contribution in [2.75, 3.05) is 39.8 Å². The van der Waals surface area contributed by atoms with Crippen molar-refractivity contribution < 1.29 is 13.2 Å². The van der Waals surface area contributed by atoms with Crippen LogP contribution in [0.25, 0.3) is 16.9 Å². The summed E-state index contributed by atoms with van der Waals surface area (Å²) in [5.41, 5.74) is 2.47. The van der Waals surface area contributed by atoms with E-state index in [-0.39, 0.29) is 16.3 Å². The second-order valence-corrected chi connectivity index (χ2v) is 10.4. The van der Waals surface area contributed by atoms with E-state index in [1.165, 1.54) is 4.31 Å². The normalized spacial score (nSPS) is 15.9. The van der Waals surface area contributed by atoms with E-state index < -0.39 is 10.0 Å². The van der Waals surface area contributed by atoms with Gasteiger partial charge >= 0.3 is 0 Å². The van der Waals surface area contributed by atoms with Crippen LogP contribution >= 0.6 is 0 Å². The summed E-state index contributed by atoms with van der Waals surface area (Å²) in [6.07, 6.45) is 1.69. The molecular formula is C23H31N5O4S. The standard InChI is InChI=1S/C23H31N5O4S/c1-5-7-17-14-16(3)21-23(29)24-22(25-28(17)21)19-15-18(8-9-20(19)32-6-2)33(30,31)27-12-10-26(4)11-13-27/h8-9,14-15H,5-7,10-13H2,1-4H3,(H,24,25,29). The molecule has 0 bridgehead atoms. The van der Waals surface area contributed by atoms with Gasteiger partial charge in [0.25, 0.3) is 5.56 Å². The van der Waals surface area contributed by atoms with E-state index in [1.807, 2.05) is 27.0 Å². The molecule has 3 aromatic rings. The molecule has 1 aliphatic rings. The molecule has 10 heteroatoms. The summed E-state index contributed by atoms with van der Waals surface area (Å²) in [5, 5.41) is 4.70. The van der Waals surface area contributed by atoms with Crippen molar-refractivity contribution in [1.82, 2.24) is 23.8 Å². The molecule has 0 aliphatic carbocycles. The van der Waals surface area contributed by atoms with Crippen molar-refractivity contribution >= 4 is 15.5 Å². The Labute approximate surface area is 194 Å². The number of likely N-dealkylation sites (N-methyl/N-ethyl adjacent to an activating group) is 1. The molecule has 0 saturated carbocycles. The zero-order valence-electron chi connectivity index (χ0n) is 19.6. The fourth-order valence-corrected chi connectivity index (χ4v) is 5.69. The van der Waals surface area contributed by atoms with E-state index in [1.54, 1.807) is 22.7 Å². The minimum Gasteiger partial charge on any atom is -0.493 e. The van der Waals surface area contributed by atoms with Gasteiger partial charge in [0.15, 0.2) is 5.82 Å². The number of piperazine rings is 1. The lowest BCUT2D eigenvalue weighted by atomic mass is 10.2. The van der Waals surface area contributed by atoms with Crippen molar-refractivity contribution in [2.45, 2.75) is 38.5 Å². The van der Waals surface area contributed by atoms with Gasteiger partial charge in [-0.2, -0.15) is 4.31 Å². The minimum atomic E-state index is -3.69. The summed E-state index contributed by atoms with van der Waals surface area (Å²) in [5.74, 6) is 0.748. The molecular weight excluding hydrogens is 442 g/mol. The van der Waals surface area contributed by atoms with Crippen molar-refractivity contribution in [3.05, 3.63) is 45.9 Å². The molecule has 1 aromatic carbocycles. The van der Waals surface area contributed by atoms with Crippen LogP contribution in [0.3, 0.4) is 0 Å². The third-order valence-electron chi connectivity index (χ3n) is 6.00. The van der Waals surface area contributed by atoms with Crippen molar-refractivity contribution in [3.8, 4) is 17.1 Å². The molecule has 1 fully saturated rings. The first-order valence-electron chi connectivity index (χ1n) is 11.3. The number of hydrogen-bond acceptors (Lipinski definition) is 6. The number of ether oxygens (including phenoxy) is 1. The fourth-order valence-electron chi connectivity index (χ4n) is 4.24. The Morgan fingerprint density at radius 3 is 2.52 bits per heavy atom.